The van der Waals surface area contributed by atoms with Crippen LogP contribution in [0, 0.1) is 21.4 Å². The zero-order valence-corrected chi connectivity index (χ0v) is 38.3. The number of rotatable bonds is 14. The predicted molar refractivity (Wildman–Crippen MR) is 251 cm³/mol. The number of imidazole rings is 1. The lowest BCUT2D eigenvalue weighted by atomic mass is 9.59. The normalized spacial score (nSPS) is 19.9. The molecule has 15 nitrogen and oxygen atoms in total. The van der Waals surface area contributed by atoms with Gasteiger partial charge in [-0.1, -0.05) is 50.2 Å². The molecule has 0 radical (unpaired) electrons. The molecule has 3 aliphatic heterocycles. The Labute approximate surface area is 381 Å². The Hall–Kier alpha value is -5.55. The molecule has 65 heavy (non-hydrogen) atoms. The van der Waals surface area contributed by atoms with Crippen molar-refractivity contribution in [3.8, 4) is 5.75 Å². The third-order valence-corrected chi connectivity index (χ3v) is 15.8. The first-order valence-corrected chi connectivity index (χ1v) is 24.5. The van der Waals surface area contributed by atoms with Crippen LogP contribution in [0.4, 0.5) is 17.1 Å². The average Bonchev–Trinajstić information content (AvgIpc) is 3.80. The number of carbonyl (C=O) groups excluding carboxylic acids is 1. The van der Waals surface area contributed by atoms with E-state index in [0.29, 0.717) is 43.2 Å². The van der Waals surface area contributed by atoms with Crippen LogP contribution in [0.2, 0.25) is 0 Å². The van der Waals surface area contributed by atoms with E-state index in [1.807, 2.05) is 24.3 Å². The number of nitrogens with one attached hydrogen (secondary N) is 3. The molecule has 1 spiro atoms. The SMILES string of the molecule is COc1ccc(CN2CCN(C3CC4(CCN(c5ccc(C(=O)NS(=O)(=O)c6cc([N+](=O)[O-])c(NCC7CCOCC7)c7[nH]cnc67)cc5)CC4)C3)C(c3ccccc3C(C)C)C2)cc1. The molecule has 1 aromatic heterocycles. The number of fused-ring (bicyclic) bond motifs is 1. The second-order valence-corrected chi connectivity index (χ2v) is 20.4. The summed E-state index contributed by atoms with van der Waals surface area (Å²) in [6, 6.07) is 26.3. The molecule has 1 unspecified atom stereocenters. The lowest BCUT2D eigenvalue weighted by molar-refractivity contribution is -0.384. The number of benzene rings is 4. The minimum atomic E-state index is -4.56. The number of hydrogen-bond acceptors (Lipinski definition) is 12. The summed E-state index contributed by atoms with van der Waals surface area (Å²) >= 11 is 0. The zero-order valence-electron chi connectivity index (χ0n) is 37.5. The number of sulfonamides is 1. The number of anilines is 2. The maximum Gasteiger partial charge on any atom is 0.296 e. The van der Waals surface area contributed by atoms with Crippen molar-refractivity contribution in [2.75, 3.05) is 69.8 Å². The van der Waals surface area contributed by atoms with E-state index in [9.17, 15) is 23.3 Å². The van der Waals surface area contributed by atoms with E-state index in [1.165, 1.54) is 35.9 Å². The first kappa shape index (κ1) is 44.6. The summed E-state index contributed by atoms with van der Waals surface area (Å²) < 4.78 is 40.4. The molecule has 4 aliphatic rings. The molecule has 9 rings (SSSR count). The van der Waals surface area contributed by atoms with Gasteiger partial charge in [-0.2, -0.15) is 0 Å². The van der Waals surface area contributed by atoms with Crippen LogP contribution in [0.1, 0.15) is 91.4 Å². The van der Waals surface area contributed by atoms with Crippen molar-refractivity contribution in [2.24, 2.45) is 11.3 Å². The van der Waals surface area contributed by atoms with Crippen LogP contribution in [-0.4, -0.2) is 105 Å². The van der Waals surface area contributed by atoms with Gasteiger partial charge in [-0.05, 0) is 109 Å². The summed E-state index contributed by atoms with van der Waals surface area (Å²) in [4.78, 5) is 39.4. The number of amides is 1. The van der Waals surface area contributed by atoms with Crippen LogP contribution in [0.3, 0.4) is 0 Å². The van der Waals surface area contributed by atoms with Crippen molar-refractivity contribution in [3.63, 3.8) is 0 Å². The van der Waals surface area contributed by atoms with Crippen molar-refractivity contribution in [3.05, 3.63) is 118 Å². The number of hydrogen-bond donors (Lipinski definition) is 3. The van der Waals surface area contributed by atoms with Crippen LogP contribution in [-0.2, 0) is 21.3 Å². The Balaban J connectivity index is 0.822. The molecule has 16 heteroatoms. The maximum atomic E-state index is 13.7. The van der Waals surface area contributed by atoms with Gasteiger partial charge in [0.25, 0.3) is 21.6 Å². The van der Waals surface area contributed by atoms with Gasteiger partial charge in [-0.15, -0.1) is 0 Å². The van der Waals surface area contributed by atoms with E-state index in [1.54, 1.807) is 19.2 Å². The van der Waals surface area contributed by atoms with Crippen LogP contribution in [0.5, 0.6) is 5.75 Å². The van der Waals surface area contributed by atoms with E-state index in [4.69, 9.17) is 9.47 Å². The highest BCUT2D eigenvalue weighted by molar-refractivity contribution is 7.90. The number of piperazine rings is 1. The van der Waals surface area contributed by atoms with Crippen LogP contribution in [0.25, 0.3) is 11.0 Å². The molecule has 344 valence electrons. The first-order valence-electron chi connectivity index (χ1n) is 23.0. The van der Waals surface area contributed by atoms with Crippen LogP contribution >= 0.6 is 0 Å². The fourth-order valence-electron chi connectivity index (χ4n) is 10.7. The van der Waals surface area contributed by atoms with Crippen molar-refractivity contribution in [1.29, 1.82) is 0 Å². The topological polar surface area (TPSA) is 175 Å². The highest BCUT2D eigenvalue weighted by atomic mass is 32.2. The van der Waals surface area contributed by atoms with Crippen molar-refractivity contribution < 1.29 is 27.6 Å². The highest BCUT2D eigenvalue weighted by Crippen LogP contribution is 2.53. The number of carbonyl (C=O) groups is 1. The van der Waals surface area contributed by atoms with Gasteiger partial charge in [-0.25, -0.2) is 18.1 Å². The lowest BCUT2D eigenvalue weighted by Crippen LogP contribution is -2.60. The number of ether oxygens (including phenoxy) is 2. The highest BCUT2D eigenvalue weighted by Gasteiger charge is 2.50. The summed E-state index contributed by atoms with van der Waals surface area (Å²) in [5.41, 5.74) is 5.54. The van der Waals surface area contributed by atoms with E-state index < -0.39 is 31.4 Å². The van der Waals surface area contributed by atoms with E-state index in [0.717, 1.165) is 82.5 Å². The predicted octanol–water partition coefficient (Wildman–Crippen LogP) is 7.87. The Kier molecular flexibility index (Phi) is 12.9. The van der Waals surface area contributed by atoms with Gasteiger partial charge in [0.1, 0.15) is 21.8 Å². The number of aromatic nitrogens is 2. The Morgan fingerprint density at radius 1 is 1.00 bits per heavy atom. The smallest absolute Gasteiger partial charge is 0.296 e. The zero-order chi connectivity index (χ0) is 45.3. The first-order chi connectivity index (χ1) is 31.4. The van der Waals surface area contributed by atoms with Crippen molar-refractivity contribution in [1.82, 2.24) is 24.5 Å². The summed E-state index contributed by atoms with van der Waals surface area (Å²) in [6.07, 6.45) is 7.48. The van der Waals surface area contributed by atoms with Gasteiger partial charge in [0.2, 0.25) is 0 Å². The fourth-order valence-corrected chi connectivity index (χ4v) is 11.9. The molecule has 1 amide bonds. The van der Waals surface area contributed by atoms with Crippen molar-refractivity contribution >= 4 is 44.0 Å². The number of nitro groups is 1. The van der Waals surface area contributed by atoms with Crippen LogP contribution in [0.15, 0.2) is 90.1 Å². The Morgan fingerprint density at radius 2 is 1.72 bits per heavy atom. The third-order valence-electron chi connectivity index (χ3n) is 14.4. The second kappa shape index (κ2) is 18.7. The number of methoxy groups -OCH3 is 1. The minimum Gasteiger partial charge on any atom is -0.497 e. The molecule has 5 aromatic rings. The lowest BCUT2D eigenvalue weighted by Gasteiger charge is -2.58. The van der Waals surface area contributed by atoms with Gasteiger partial charge in [-0.3, -0.25) is 24.7 Å². The number of H-pyrrole nitrogens is 1. The number of piperidine rings is 1. The van der Waals surface area contributed by atoms with E-state index >= 15 is 0 Å². The molecular weight excluding hydrogens is 845 g/mol. The molecular formula is C49H60N8O7S. The molecule has 0 bridgehead atoms. The van der Waals surface area contributed by atoms with Gasteiger partial charge in [0, 0.05) is 88.4 Å². The number of aromatic amines is 1. The Morgan fingerprint density at radius 3 is 2.42 bits per heavy atom. The molecule has 4 aromatic carbocycles. The molecule has 1 saturated carbocycles. The number of nitro benzene ring substituents is 1. The summed E-state index contributed by atoms with van der Waals surface area (Å²) in [5.74, 6) is 0.735. The van der Waals surface area contributed by atoms with E-state index in [-0.39, 0.29) is 28.2 Å². The van der Waals surface area contributed by atoms with Gasteiger partial charge in [0.05, 0.1) is 23.9 Å². The third kappa shape index (κ3) is 9.44. The number of nitrogens with zero attached hydrogens (tertiary/aromatic N) is 5. The molecule has 3 N–H and O–H groups in total. The Bertz CT molecular complexity index is 2600. The molecule has 1 atom stereocenters. The summed E-state index contributed by atoms with van der Waals surface area (Å²) in [5, 5.41) is 15.4. The standard InChI is InChI=1S/C49H60N8O7S/c1-33(2)40-6-4-5-7-41(40)43-31-54(30-35-8-14-39(63-3)15-9-35)22-23-56(43)38-27-49(28-38)18-20-55(21-19-49)37-12-10-36(11-13-37)48(58)53-65(61,62)44-26-42(57(59)60)45(47-46(44)51-32-52-47)50-29-34-16-24-64-25-17-34/h4-15,26,32-34,38,43,50H,16-25,27-31H2,1-3H3,(H,51,52)(H,53,58). The van der Waals surface area contributed by atoms with Crippen LogP contribution < -0.4 is 19.7 Å². The monoisotopic (exact) mass is 904 g/mol. The quantitative estimate of drug-likeness (QED) is 0.0728. The fraction of sp³-hybridized carbons (Fsp3) is 0.469. The molecule has 1 aliphatic carbocycles. The summed E-state index contributed by atoms with van der Waals surface area (Å²) in [7, 11) is -2.85. The largest absolute Gasteiger partial charge is 0.497 e. The van der Waals surface area contributed by atoms with Gasteiger partial charge < -0.3 is 24.7 Å². The molecule has 3 saturated heterocycles. The second-order valence-electron chi connectivity index (χ2n) is 18.7. The molecule has 4 heterocycles. The van der Waals surface area contributed by atoms with Gasteiger partial charge >= 0.3 is 0 Å². The molecule has 4 fully saturated rings. The van der Waals surface area contributed by atoms with E-state index in [2.05, 4.69) is 85.0 Å². The average molecular weight is 905 g/mol. The maximum absolute atomic E-state index is 13.7. The summed E-state index contributed by atoms with van der Waals surface area (Å²) in [6.45, 7) is 12.1. The minimum absolute atomic E-state index is 0.000916. The van der Waals surface area contributed by atoms with Gasteiger partial charge in [0.15, 0.2) is 0 Å². The van der Waals surface area contributed by atoms with Crippen molar-refractivity contribution in [2.45, 2.75) is 81.8 Å².